The summed E-state index contributed by atoms with van der Waals surface area (Å²) in [4.78, 5) is 19.5. The highest BCUT2D eigenvalue weighted by atomic mass is 35.5. The van der Waals surface area contributed by atoms with Crippen LogP contribution in [-0.2, 0) is 20.8 Å². The molecule has 1 aliphatic rings. The third kappa shape index (κ3) is 6.38. The lowest BCUT2D eigenvalue weighted by atomic mass is 9.77. The number of carbonyl (C=O) groups is 1. The van der Waals surface area contributed by atoms with Gasteiger partial charge in [0.2, 0.25) is 5.60 Å². The molecule has 1 heterocycles. The van der Waals surface area contributed by atoms with E-state index in [-0.39, 0.29) is 18.8 Å². The molecule has 3 aromatic rings. The molecule has 0 spiro atoms. The molecule has 9 heteroatoms. The first-order valence-corrected chi connectivity index (χ1v) is 12.9. The van der Waals surface area contributed by atoms with E-state index in [4.69, 9.17) is 25.9 Å². The summed E-state index contributed by atoms with van der Waals surface area (Å²) >= 11 is 6.25. The highest BCUT2D eigenvalue weighted by molar-refractivity contribution is 6.43. The topological polar surface area (TPSA) is 97.6 Å². The van der Waals surface area contributed by atoms with Crippen molar-refractivity contribution in [2.45, 2.75) is 44.7 Å². The van der Waals surface area contributed by atoms with Crippen molar-refractivity contribution in [1.29, 1.82) is 0 Å². The minimum Gasteiger partial charge on any atom is -0.496 e. The molecule has 4 rings (SSSR count). The van der Waals surface area contributed by atoms with Gasteiger partial charge in [-0.1, -0.05) is 79.1 Å². The molecule has 2 N–H and O–H groups in total. The number of halogens is 1. The van der Waals surface area contributed by atoms with Gasteiger partial charge < -0.3 is 24.4 Å². The summed E-state index contributed by atoms with van der Waals surface area (Å²) in [6, 6.07) is 21.4. The molecule has 0 radical (unpaired) electrons. The Morgan fingerprint density at radius 2 is 1.82 bits per heavy atom. The quantitative estimate of drug-likeness (QED) is 0.277. The van der Waals surface area contributed by atoms with Crippen LogP contribution in [0.1, 0.15) is 37.8 Å². The fourth-order valence-corrected chi connectivity index (χ4v) is 4.72. The second kappa shape index (κ2) is 12.0. The third-order valence-electron chi connectivity index (χ3n) is 6.45. The van der Waals surface area contributed by atoms with Crippen LogP contribution in [0.4, 0.5) is 0 Å². The van der Waals surface area contributed by atoms with E-state index in [0.29, 0.717) is 22.9 Å². The normalized spacial score (nSPS) is 17.5. The van der Waals surface area contributed by atoms with Crippen molar-refractivity contribution in [3.05, 3.63) is 88.9 Å². The maximum absolute atomic E-state index is 13.6. The van der Waals surface area contributed by atoms with Gasteiger partial charge in [0, 0.05) is 29.0 Å². The van der Waals surface area contributed by atoms with E-state index < -0.39 is 24.7 Å². The van der Waals surface area contributed by atoms with E-state index in [2.05, 4.69) is 5.16 Å². The molecule has 2 atom stereocenters. The molecule has 198 valence electrons. The van der Waals surface area contributed by atoms with E-state index in [9.17, 15) is 14.8 Å². The Kier molecular flexibility index (Phi) is 8.77. The van der Waals surface area contributed by atoms with Crippen molar-refractivity contribution in [1.82, 2.24) is 0 Å². The van der Waals surface area contributed by atoms with Gasteiger partial charge in [-0.3, -0.25) is 0 Å². The Balaban J connectivity index is 1.64. The largest absolute Gasteiger partial charge is 0.496 e. The van der Waals surface area contributed by atoms with Crippen LogP contribution in [0.5, 0.6) is 5.75 Å². The van der Waals surface area contributed by atoms with Gasteiger partial charge in [0.05, 0.1) is 12.8 Å². The molecule has 1 aliphatic heterocycles. The molecule has 0 amide bonds. The second-order valence-corrected chi connectivity index (χ2v) is 10.3. The Morgan fingerprint density at radius 1 is 1.08 bits per heavy atom. The lowest BCUT2D eigenvalue weighted by Crippen LogP contribution is -2.47. The summed E-state index contributed by atoms with van der Waals surface area (Å²) < 4.78 is 11.2. The number of oxime groups is 1. The summed E-state index contributed by atoms with van der Waals surface area (Å²) in [7, 11) is -0.202. The minimum atomic E-state index is -1.80. The van der Waals surface area contributed by atoms with Gasteiger partial charge in [-0.05, 0) is 47.7 Å². The first-order valence-electron chi connectivity index (χ1n) is 12.5. The zero-order valence-electron chi connectivity index (χ0n) is 21.6. The molecule has 0 bridgehead atoms. The average Bonchev–Trinajstić information content (AvgIpc) is 3.34. The number of esters is 1. The molecule has 0 saturated heterocycles. The lowest BCUT2D eigenvalue weighted by molar-refractivity contribution is -0.173. The van der Waals surface area contributed by atoms with E-state index in [1.807, 2.05) is 80.6 Å². The van der Waals surface area contributed by atoms with Gasteiger partial charge in [-0.2, -0.15) is 0 Å². The van der Waals surface area contributed by atoms with Gasteiger partial charge >= 0.3 is 13.1 Å². The van der Waals surface area contributed by atoms with Crippen molar-refractivity contribution in [2.75, 3.05) is 7.11 Å². The van der Waals surface area contributed by atoms with Crippen LogP contribution in [0.2, 0.25) is 5.02 Å². The molecule has 0 fully saturated rings. The fourth-order valence-electron chi connectivity index (χ4n) is 4.55. The summed E-state index contributed by atoms with van der Waals surface area (Å²) in [5.74, 6) is 0.0747. The number of benzene rings is 3. The highest BCUT2D eigenvalue weighted by Crippen LogP contribution is 2.36. The van der Waals surface area contributed by atoms with Crippen molar-refractivity contribution >= 4 is 30.4 Å². The minimum absolute atomic E-state index is 0.0854. The maximum atomic E-state index is 13.6. The number of nitrogens with zero attached hydrogens (tertiary/aromatic N) is 1. The first-order chi connectivity index (χ1) is 18.2. The van der Waals surface area contributed by atoms with Crippen LogP contribution in [0.25, 0.3) is 11.1 Å². The summed E-state index contributed by atoms with van der Waals surface area (Å²) in [5, 5.41) is 24.6. The first kappa shape index (κ1) is 27.7. The number of methoxy groups -OCH3 is 1. The van der Waals surface area contributed by atoms with Gasteiger partial charge in [-0.15, -0.1) is 0 Å². The van der Waals surface area contributed by atoms with Crippen LogP contribution in [0.3, 0.4) is 0 Å². The highest BCUT2D eigenvalue weighted by Gasteiger charge is 2.50. The second-order valence-electron chi connectivity index (χ2n) is 9.88. The van der Waals surface area contributed by atoms with E-state index in [1.54, 1.807) is 13.2 Å². The van der Waals surface area contributed by atoms with Crippen molar-refractivity contribution < 1.29 is 29.2 Å². The average molecular weight is 536 g/mol. The van der Waals surface area contributed by atoms with Crippen LogP contribution in [0.15, 0.2) is 78.0 Å². The number of ether oxygens (including phenoxy) is 2. The van der Waals surface area contributed by atoms with E-state index >= 15 is 0 Å². The summed E-state index contributed by atoms with van der Waals surface area (Å²) in [6.45, 7) is 3.83. The Bertz CT molecular complexity index is 1300. The fraction of sp³-hybridized carbons (Fsp3) is 0.310. The Hall–Kier alpha value is -3.33. The standard InChI is InChI=1S/C29H31BClNO6/c1-19(2)14-27(30(34)35)37-28(33)29(17-20-8-5-4-6-9-20)18-25(32-38-29)22-11-7-10-21(15-22)24-16-23(31)12-13-26(24)36-3/h4-13,15-16,19,27,34-35H,14,17-18H2,1-3H3/t27-,29?/m0/s1. The van der Waals surface area contributed by atoms with Gasteiger partial charge in [0.1, 0.15) is 11.8 Å². The smallest absolute Gasteiger partial charge is 0.495 e. The van der Waals surface area contributed by atoms with Crippen LogP contribution >= 0.6 is 11.6 Å². The van der Waals surface area contributed by atoms with Crippen LogP contribution < -0.4 is 4.74 Å². The molecule has 0 saturated carbocycles. The molecule has 0 aromatic heterocycles. The van der Waals surface area contributed by atoms with Gasteiger partial charge in [-0.25, -0.2) is 4.79 Å². The number of hydrogen-bond acceptors (Lipinski definition) is 7. The van der Waals surface area contributed by atoms with Crippen molar-refractivity contribution in [2.24, 2.45) is 11.1 Å². The predicted molar refractivity (Wildman–Crippen MR) is 148 cm³/mol. The third-order valence-corrected chi connectivity index (χ3v) is 6.69. The van der Waals surface area contributed by atoms with Crippen molar-refractivity contribution in [3.63, 3.8) is 0 Å². The predicted octanol–water partition coefficient (Wildman–Crippen LogP) is 5.09. The Morgan fingerprint density at radius 3 is 2.50 bits per heavy atom. The maximum Gasteiger partial charge on any atom is 0.495 e. The van der Waals surface area contributed by atoms with E-state index in [0.717, 1.165) is 22.3 Å². The van der Waals surface area contributed by atoms with Crippen LogP contribution in [-0.4, -0.2) is 47.6 Å². The molecule has 7 nitrogen and oxygen atoms in total. The summed E-state index contributed by atoms with van der Waals surface area (Å²) in [6.07, 6.45) is 0.645. The Labute approximate surface area is 228 Å². The SMILES string of the molecule is COc1ccc(Cl)cc1-c1cccc(C2=NOC(Cc3ccccc3)(C(=O)O[C@@H](CC(C)C)B(O)O)C2)c1. The van der Waals surface area contributed by atoms with E-state index in [1.165, 1.54) is 0 Å². The molecule has 1 unspecified atom stereocenters. The monoisotopic (exact) mass is 535 g/mol. The molecular formula is C29H31BClNO6. The molecule has 3 aromatic carbocycles. The van der Waals surface area contributed by atoms with Gasteiger partial charge in [0.15, 0.2) is 0 Å². The molecule has 0 aliphatic carbocycles. The zero-order valence-corrected chi connectivity index (χ0v) is 22.4. The molecular weight excluding hydrogens is 505 g/mol. The zero-order chi connectivity index (χ0) is 27.3. The van der Waals surface area contributed by atoms with Crippen LogP contribution in [0, 0.1) is 5.92 Å². The molecule has 38 heavy (non-hydrogen) atoms. The number of carbonyl (C=O) groups excluding carboxylic acids is 1. The lowest BCUT2D eigenvalue weighted by Gasteiger charge is -2.28. The number of rotatable bonds is 10. The van der Waals surface area contributed by atoms with Gasteiger partial charge in [0.25, 0.3) is 0 Å². The summed E-state index contributed by atoms with van der Waals surface area (Å²) in [5.41, 5.74) is 2.45. The number of hydrogen-bond donors (Lipinski definition) is 2. The van der Waals surface area contributed by atoms with Crippen molar-refractivity contribution in [3.8, 4) is 16.9 Å².